The Morgan fingerprint density at radius 1 is 1.18 bits per heavy atom. The first-order chi connectivity index (χ1) is 18.5. The van der Waals surface area contributed by atoms with Gasteiger partial charge in [0.15, 0.2) is 6.10 Å². The van der Waals surface area contributed by atoms with Crippen LogP contribution in [0.5, 0.6) is 0 Å². The number of fused-ring (bicyclic) bond motifs is 1. The lowest BCUT2D eigenvalue weighted by molar-refractivity contribution is -0.148. The maximum Gasteiger partial charge on any atom is 0.272 e. The van der Waals surface area contributed by atoms with E-state index in [2.05, 4.69) is 22.5 Å². The summed E-state index contributed by atoms with van der Waals surface area (Å²) in [7, 11) is 0. The number of aliphatic hydroxyl groups excluding tert-OH is 1. The predicted octanol–water partition coefficient (Wildman–Crippen LogP) is 2.53. The first-order valence-corrected chi connectivity index (χ1v) is 12.9. The van der Waals surface area contributed by atoms with Crippen LogP contribution in [0.25, 0.3) is 0 Å². The molecule has 1 fully saturated rings. The molecule has 8 nitrogen and oxygen atoms in total. The average Bonchev–Trinajstić information content (AvgIpc) is 3.46. The molecule has 0 spiro atoms. The lowest BCUT2D eigenvalue weighted by Gasteiger charge is -2.34. The molecule has 3 atom stereocenters. The fourth-order valence-electron chi connectivity index (χ4n) is 5.30. The van der Waals surface area contributed by atoms with E-state index in [-0.39, 0.29) is 13.0 Å². The van der Waals surface area contributed by atoms with Gasteiger partial charge in [-0.1, -0.05) is 56.3 Å². The van der Waals surface area contributed by atoms with E-state index in [1.807, 2.05) is 6.07 Å². The van der Waals surface area contributed by atoms with Crippen molar-refractivity contribution in [3.63, 3.8) is 0 Å². The number of hydrogen-bond acceptors (Lipinski definition) is 5. The van der Waals surface area contributed by atoms with Gasteiger partial charge in [-0.25, -0.2) is 8.78 Å². The number of halogens is 2. The lowest BCUT2D eigenvalue weighted by atomic mass is 9.81. The van der Waals surface area contributed by atoms with E-state index >= 15 is 8.78 Å². The fraction of sp³-hybridized carbons (Fsp3) is 0.414. The molecule has 3 amide bonds. The smallest absolute Gasteiger partial charge is 0.272 e. The van der Waals surface area contributed by atoms with Gasteiger partial charge in [0.25, 0.3) is 17.7 Å². The molecule has 0 bridgehead atoms. The molecular formula is C29H34F2N4O4. The molecule has 0 radical (unpaired) electrons. The number of rotatable bonds is 9. The third kappa shape index (κ3) is 5.52. The normalized spacial score (nSPS) is 20.3. The molecule has 1 unspecified atom stereocenters. The molecule has 2 aromatic rings. The second-order valence-corrected chi connectivity index (χ2v) is 10.6. The van der Waals surface area contributed by atoms with Crippen molar-refractivity contribution in [2.24, 2.45) is 5.41 Å². The minimum Gasteiger partial charge on any atom is -0.384 e. The Hall–Kier alpha value is -3.79. The minimum atomic E-state index is -3.39. The van der Waals surface area contributed by atoms with Crippen LogP contribution in [0.2, 0.25) is 0 Å². The van der Waals surface area contributed by atoms with Crippen LogP contribution in [0.4, 0.5) is 14.5 Å². The van der Waals surface area contributed by atoms with Crippen LogP contribution >= 0.6 is 0 Å². The molecule has 4 rings (SSSR count). The number of aliphatic hydroxyl groups is 1. The quantitative estimate of drug-likeness (QED) is 0.366. The van der Waals surface area contributed by atoms with Crippen LogP contribution in [0, 0.1) is 5.41 Å². The lowest BCUT2D eigenvalue weighted by Crippen LogP contribution is -2.57. The van der Waals surface area contributed by atoms with Gasteiger partial charge in [-0.05, 0) is 36.1 Å². The van der Waals surface area contributed by atoms with Crippen molar-refractivity contribution in [1.82, 2.24) is 15.5 Å². The zero-order chi connectivity index (χ0) is 28.4. The number of amides is 3. The molecule has 208 valence electrons. The molecule has 10 heteroatoms. The molecule has 2 aromatic carbocycles. The van der Waals surface area contributed by atoms with E-state index in [9.17, 15) is 19.5 Å². The van der Waals surface area contributed by atoms with Crippen molar-refractivity contribution < 1.29 is 28.3 Å². The van der Waals surface area contributed by atoms with Crippen LogP contribution in [-0.2, 0) is 22.4 Å². The number of alkyl halides is 2. The Morgan fingerprint density at radius 3 is 2.59 bits per heavy atom. The number of hydrogen-bond donors (Lipinski definition) is 4. The van der Waals surface area contributed by atoms with Crippen molar-refractivity contribution in [3.8, 4) is 0 Å². The summed E-state index contributed by atoms with van der Waals surface area (Å²) in [6, 6.07) is 11.5. The number of anilines is 1. The summed E-state index contributed by atoms with van der Waals surface area (Å²) in [6.45, 7) is 5.64. The number of carbonyl (C=O) groups is 3. The van der Waals surface area contributed by atoms with E-state index in [0.29, 0.717) is 18.5 Å². The summed E-state index contributed by atoms with van der Waals surface area (Å²) >= 11 is 0. The number of nitrogens with one attached hydrogen (secondary N) is 3. The average molecular weight is 541 g/mol. The van der Waals surface area contributed by atoms with Gasteiger partial charge in [0.2, 0.25) is 5.91 Å². The first kappa shape index (κ1) is 28.2. The second-order valence-electron chi connectivity index (χ2n) is 10.6. The van der Waals surface area contributed by atoms with Gasteiger partial charge in [-0.2, -0.15) is 0 Å². The zero-order valence-electron chi connectivity index (χ0n) is 22.0. The summed E-state index contributed by atoms with van der Waals surface area (Å²) in [6.07, 6.45) is 0.223. The van der Waals surface area contributed by atoms with E-state index < -0.39 is 53.8 Å². The largest absolute Gasteiger partial charge is 0.384 e. The number of likely N-dealkylation sites (tertiary alicyclic amines) is 1. The number of nitrogens with zero attached hydrogens (tertiary/aromatic N) is 1. The van der Waals surface area contributed by atoms with Crippen LogP contribution in [0.3, 0.4) is 0 Å². The third-order valence-electron chi connectivity index (χ3n) is 7.62. The summed E-state index contributed by atoms with van der Waals surface area (Å²) in [4.78, 5) is 40.7. The maximum absolute atomic E-state index is 15.1. The second kappa shape index (κ2) is 11.1. The van der Waals surface area contributed by atoms with E-state index in [0.717, 1.165) is 21.7 Å². The van der Waals surface area contributed by atoms with Gasteiger partial charge in [0.05, 0.1) is 18.0 Å². The van der Waals surface area contributed by atoms with Crippen molar-refractivity contribution in [3.05, 3.63) is 77.9 Å². The highest BCUT2D eigenvalue weighted by Crippen LogP contribution is 2.48. The highest BCUT2D eigenvalue weighted by atomic mass is 19.3. The molecular weight excluding hydrogens is 506 g/mol. The van der Waals surface area contributed by atoms with Crippen LogP contribution in [0.1, 0.15) is 35.3 Å². The Kier molecular flexibility index (Phi) is 8.06. The summed E-state index contributed by atoms with van der Waals surface area (Å²) in [5, 5.41) is 19.8. The Balaban J connectivity index is 1.63. The topological polar surface area (TPSA) is 111 Å². The Morgan fingerprint density at radius 2 is 1.90 bits per heavy atom. The predicted molar refractivity (Wildman–Crippen MR) is 143 cm³/mol. The van der Waals surface area contributed by atoms with E-state index in [1.54, 1.807) is 42.5 Å². The molecule has 4 N–H and O–H groups in total. The summed E-state index contributed by atoms with van der Waals surface area (Å²) in [5.41, 5.74) is 0.902. The number of benzene rings is 2. The number of carbonyl (C=O) groups excluding carboxylic acids is 3. The van der Waals surface area contributed by atoms with Crippen LogP contribution < -0.4 is 16.0 Å². The first-order valence-electron chi connectivity index (χ1n) is 12.9. The highest BCUT2D eigenvalue weighted by Gasteiger charge is 2.64. The van der Waals surface area contributed by atoms with Crippen LogP contribution in [-0.4, -0.2) is 71.5 Å². The third-order valence-corrected chi connectivity index (χ3v) is 7.62. The van der Waals surface area contributed by atoms with Gasteiger partial charge in [-0.3, -0.25) is 14.4 Å². The SMILES string of the molecule is C=CCNC(=O)C1N(C(=O)[C@@H](O)[C@H](Cc2ccccc2)NC(=O)c2cccc3c2CCN3)CC(F)(F)C1(C)C. The molecule has 0 aliphatic carbocycles. The summed E-state index contributed by atoms with van der Waals surface area (Å²) < 4.78 is 30.2. The minimum absolute atomic E-state index is 0.0323. The van der Waals surface area contributed by atoms with E-state index in [4.69, 9.17) is 0 Å². The maximum atomic E-state index is 15.1. The molecule has 0 saturated carbocycles. The molecule has 2 aliphatic heterocycles. The monoisotopic (exact) mass is 540 g/mol. The molecule has 1 saturated heterocycles. The standard InChI is InChI=1S/C29H34F2N4O4/c1-4-14-33-26(38)24-28(2,3)29(30,31)17-35(24)27(39)23(36)22(16-18-9-6-5-7-10-18)34-25(37)20-11-8-12-21-19(20)13-15-32-21/h4-12,22-24,32,36H,1,13-17H2,2-3H3,(H,33,38)(H,34,37)/t22-,23-,24?/m0/s1. The Labute approximate surface area is 226 Å². The van der Waals surface area contributed by atoms with Crippen molar-refractivity contribution in [2.75, 3.05) is 25.0 Å². The van der Waals surface area contributed by atoms with Gasteiger partial charge < -0.3 is 26.0 Å². The fourth-order valence-corrected chi connectivity index (χ4v) is 5.30. The van der Waals surface area contributed by atoms with Crippen molar-refractivity contribution >= 4 is 23.4 Å². The Bertz CT molecular complexity index is 1250. The molecule has 2 heterocycles. The van der Waals surface area contributed by atoms with Gasteiger partial charge in [0.1, 0.15) is 6.04 Å². The van der Waals surface area contributed by atoms with E-state index in [1.165, 1.54) is 19.9 Å². The van der Waals surface area contributed by atoms with Gasteiger partial charge in [-0.15, -0.1) is 6.58 Å². The van der Waals surface area contributed by atoms with Gasteiger partial charge in [0, 0.05) is 24.3 Å². The molecule has 0 aromatic heterocycles. The van der Waals surface area contributed by atoms with Gasteiger partial charge >= 0.3 is 0 Å². The molecule has 2 aliphatic rings. The van der Waals surface area contributed by atoms with Crippen LogP contribution in [0.15, 0.2) is 61.2 Å². The summed E-state index contributed by atoms with van der Waals surface area (Å²) in [5.74, 6) is -5.71. The highest BCUT2D eigenvalue weighted by molar-refractivity contribution is 5.98. The zero-order valence-corrected chi connectivity index (χ0v) is 22.0. The van der Waals surface area contributed by atoms with Crippen molar-refractivity contribution in [2.45, 2.75) is 50.8 Å². The molecule has 39 heavy (non-hydrogen) atoms. The van der Waals surface area contributed by atoms with Crippen molar-refractivity contribution in [1.29, 1.82) is 0 Å².